The third kappa shape index (κ3) is 23.2. The Kier molecular flexibility index (Phi) is 34.3. The van der Waals surface area contributed by atoms with Crippen LogP contribution in [0, 0.1) is 0 Å². The molecule has 0 nitrogen and oxygen atoms in total. The summed E-state index contributed by atoms with van der Waals surface area (Å²) in [5.41, 5.74) is 5.65. The molecule has 8 heterocycles. The average Bonchev–Trinajstić information content (AvgIpc) is 1.70. The second-order valence-electron chi connectivity index (χ2n) is 26.8. The Morgan fingerprint density at radius 1 is 0.239 bits per heavy atom. The van der Waals surface area contributed by atoms with Gasteiger partial charge in [0.05, 0.1) is 17.3 Å². The van der Waals surface area contributed by atoms with E-state index in [4.69, 9.17) is 0 Å². The summed E-state index contributed by atoms with van der Waals surface area (Å²) in [5, 5.41) is 2.75. The highest BCUT2D eigenvalue weighted by Crippen LogP contribution is 2.57. The molecule has 0 saturated heterocycles. The van der Waals surface area contributed by atoms with Crippen molar-refractivity contribution in [1.29, 1.82) is 0 Å². The smallest absolute Gasteiger partial charge is 0.0711 e. The van der Waals surface area contributed by atoms with Crippen LogP contribution < -0.4 is 0 Å². The fourth-order valence-electron chi connectivity index (χ4n) is 13.7. The van der Waals surface area contributed by atoms with Crippen LogP contribution >= 0.6 is 123 Å². The molecular formula is C82H112Br2S8. The number of unbranched alkanes of at least 4 members (excludes halogenated alkanes) is 36. The van der Waals surface area contributed by atoms with Gasteiger partial charge in [0.25, 0.3) is 0 Å². The normalized spacial score (nSPS) is 12.0. The maximum absolute atomic E-state index is 4.13. The van der Waals surface area contributed by atoms with Gasteiger partial charge in [0.2, 0.25) is 0 Å². The van der Waals surface area contributed by atoms with Crippen molar-refractivity contribution in [3.8, 4) is 61.3 Å². The molecular weight excluding hydrogens is 1400 g/mol. The van der Waals surface area contributed by atoms with E-state index in [2.05, 4.69) is 178 Å². The third-order valence-corrected chi connectivity index (χ3v) is 29.7. The van der Waals surface area contributed by atoms with Crippen LogP contribution in [-0.2, 0) is 25.7 Å². The lowest BCUT2D eigenvalue weighted by atomic mass is 9.99. The van der Waals surface area contributed by atoms with Crippen LogP contribution in [0.5, 0.6) is 0 Å². The molecule has 10 heteroatoms. The van der Waals surface area contributed by atoms with Crippen molar-refractivity contribution in [3.63, 3.8) is 0 Å². The van der Waals surface area contributed by atoms with Crippen LogP contribution in [-0.4, -0.2) is 0 Å². The van der Waals surface area contributed by atoms with Crippen molar-refractivity contribution in [2.24, 2.45) is 0 Å². The molecule has 0 fully saturated rings. The van der Waals surface area contributed by atoms with Crippen molar-refractivity contribution in [1.82, 2.24) is 0 Å². The second-order valence-corrected chi connectivity index (χ2v) is 38.5. The van der Waals surface area contributed by atoms with Gasteiger partial charge in [0.1, 0.15) is 0 Å². The van der Waals surface area contributed by atoms with Crippen molar-refractivity contribution in [2.75, 3.05) is 0 Å². The van der Waals surface area contributed by atoms with Gasteiger partial charge in [-0.2, -0.15) is 0 Å². The molecule has 0 unspecified atom stereocenters. The zero-order chi connectivity index (χ0) is 64.0. The van der Waals surface area contributed by atoms with E-state index in [0.717, 1.165) is 0 Å². The summed E-state index contributed by atoms with van der Waals surface area (Å²) in [4.78, 5) is 17.6. The fourth-order valence-corrected chi connectivity index (χ4v) is 24.3. The van der Waals surface area contributed by atoms with Crippen molar-refractivity contribution in [3.05, 3.63) is 99.9 Å². The summed E-state index contributed by atoms with van der Waals surface area (Å²) < 4.78 is 5.20. The zero-order valence-corrected chi connectivity index (χ0v) is 66.8. The Morgan fingerprint density at radius 3 is 0.750 bits per heavy atom. The van der Waals surface area contributed by atoms with Crippen molar-refractivity contribution < 1.29 is 0 Å². The number of thiophene rings is 8. The maximum Gasteiger partial charge on any atom is 0.0711 e. The molecule has 0 N–H and O–H groups in total. The SMILES string of the molecule is CCCCCCCCCCCCc1ccc(-c2cc(-c3c4cc(Br)sc4c(-c4cc(-c5ccc(CCCCCCCCCCCC)s5)c(-c5ccc(CCCCCCCCCCCC)s5)s4)c4cc(Br)sc34)sc2-c2ccc(CCCCCCCCCCCC)s2)s1. The minimum Gasteiger partial charge on any atom is -0.140 e. The molecule has 8 aromatic heterocycles. The Balaban J connectivity index is 0.996. The number of hydrogen-bond donors (Lipinski definition) is 0. The summed E-state index contributed by atoms with van der Waals surface area (Å²) in [6, 6.07) is 29.9. The molecule has 0 bridgehead atoms. The molecule has 502 valence electrons. The van der Waals surface area contributed by atoms with Crippen LogP contribution in [0.2, 0.25) is 0 Å². The highest BCUT2D eigenvalue weighted by Gasteiger charge is 2.27. The lowest BCUT2D eigenvalue weighted by molar-refractivity contribution is 0.557. The molecule has 0 aliphatic rings. The number of fused-ring (bicyclic) bond motifs is 2. The summed E-state index contributed by atoms with van der Waals surface area (Å²) in [6.45, 7) is 9.28. The van der Waals surface area contributed by atoms with E-state index in [1.807, 2.05) is 45.3 Å². The molecule has 92 heavy (non-hydrogen) atoms. The Hall–Kier alpha value is -1.70. The van der Waals surface area contributed by atoms with Crippen LogP contribution in [0.1, 0.15) is 304 Å². The summed E-state index contributed by atoms with van der Waals surface area (Å²) in [6.07, 6.45) is 60.0. The zero-order valence-electron chi connectivity index (χ0n) is 57.1. The first-order valence-corrected chi connectivity index (χ1v) is 45.5. The van der Waals surface area contributed by atoms with Gasteiger partial charge < -0.3 is 0 Å². The largest absolute Gasteiger partial charge is 0.140 e. The number of hydrogen-bond acceptors (Lipinski definition) is 8. The predicted octanol–water partition coefficient (Wildman–Crippen LogP) is 33.9. The van der Waals surface area contributed by atoms with Gasteiger partial charge in [-0.05, 0) is 156 Å². The van der Waals surface area contributed by atoms with E-state index in [-0.39, 0.29) is 0 Å². The quantitative estimate of drug-likeness (QED) is 0.0333. The van der Waals surface area contributed by atoms with Crippen molar-refractivity contribution in [2.45, 2.75) is 310 Å². The molecule has 0 spiro atoms. The van der Waals surface area contributed by atoms with E-state index in [9.17, 15) is 0 Å². The second kappa shape index (κ2) is 42.3. The van der Waals surface area contributed by atoms with Crippen LogP contribution in [0.15, 0.2) is 80.4 Å². The van der Waals surface area contributed by atoms with Crippen LogP contribution in [0.25, 0.3) is 81.4 Å². The van der Waals surface area contributed by atoms with Gasteiger partial charge in [-0.3, -0.25) is 0 Å². The summed E-state index contributed by atoms with van der Waals surface area (Å²) in [5.74, 6) is 0. The van der Waals surface area contributed by atoms with Crippen LogP contribution in [0.4, 0.5) is 0 Å². The van der Waals surface area contributed by atoms with E-state index >= 15 is 0 Å². The standard InChI is InChI=1S/C82H112Br2S8/c1-5-9-13-17-21-25-29-33-37-41-45-61-49-53-69(85-61)65-57-73(89-79(65)71-55-51-63(87-71)47-43-39-35-31-27-23-19-15-11-7-3)77-67-59-75(83)92-82(67)78(68-60-76(84)91-81(68)77)74-58-66(70-54-50-62(86-70)46-42-38-34-30-26-22-18-14-10-6-2)80(90-74)72-56-52-64(88-72)48-44-40-36-32-28-24-20-16-12-8-4/h49-60H,5-48H2,1-4H3. The summed E-state index contributed by atoms with van der Waals surface area (Å²) in [7, 11) is 0. The summed E-state index contributed by atoms with van der Waals surface area (Å²) >= 11 is 24.5. The predicted molar refractivity (Wildman–Crippen MR) is 435 cm³/mol. The Morgan fingerprint density at radius 2 is 0.478 bits per heavy atom. The highest BCUT2D eigenvalue weighted by atomic mass is 79.9. The Labute approximate surface area is 608 Å². The van der Waals surface area contributed by atoms with Gasteiger partial charge in [-0.15, -0.1) is 90.7 Å². The topological polar surface area (TPSA) is 0 Å². The molecule has 0 atom stereocenters. The first-order chi connectivity index (χ1) is 45.3. The van der Waals surface area contributed by atoms with E-state index in [1.54, 1.807) is 19.5 Å². The van der Waals surface area contributed by atoms with E-state index in [0.29, 0.717) is 0 Å². The monoisotopic (exact) mass is 1510 g/mol. The minimum atomic E-state index is 1.19. The lowest BCUT2D eigenvalue weighted by Crippen LogP contribution is -1.84. The molecule has 1 aromatic carbocycles. The van der Waals surface area contributed by atoms with E-state index in [1.165, 1.54) is 372 Å². The molecule has 0 radical (unpaired) electrons. The minimum absolute atomic E-state index is 1.19. The first kappa shape index (κ1) is 74.5. The molecule has 0 saturated carbocycles. The molecule has 0 aliphatic carbocycles. The lowest BCUT2D eigenvalue weighted by Gasteiger charge is -2.09. The van der Waals surface area contributed by atoms with Gasteiger partial charge in [-0.1, -0.05) is 259 Å². The van der Waals surface area contributed by atoms with Crippen molar-refractivity contribution >= 4 is 143 Å². The molecule has 9 aromatic rings. The van der Waals surface area contributed by atoms with Gasteiger partial charge >= 0.3 is 0 Å². The number of aryl methyl sites for hydroxylation is 4. The fraction of sp³-hybridized carbons (Fsp3) is 0.585. The number of rotatable bonds is 50. The number of halogens is 2. The highest BCUT2D eigenvalue weighted by molar-refractivity contribution is 9.11. The third-order valence-electron chi connectivity index (χ3n) is 19.1. The molecule has 0 amide bonds. The number of benzene rings is 1. The average molecular weight is 1510 g/mol. The molecule has 9 rings (SSSR count). The van der Waals surface area contributed by atoms with Gasteiger partial charge in [-0.25, -0.2) is 0 Å². The first-order valence-electron chi connectivity index (χ1n) is 37.3. The van der Waals surface area contributed by atoms with Crippen LogP contribution in [0.3, 0.4) is 0 Å². The maximum atomic E-state index is 4.13. The van der Waals surface area contributed by atoms with E-state index < -0.39 is 0 Å². The van der Waals surface area contributed by atoms with Gasteiger partial charge in [0, 0.05) is 91.2 Å². The van der Waals surface area contributed by atoms with Gasteiger partial charge in [0.15, 0.2) is 0 Å². The molecule has 0 aliphatic heterocycles. The Bertz CT molecular complexity index is 3030.